The molecular formula is C78H126O34. The number of carboxylic acids is 1. The lowest BCUT2D eigenvalue weighted by atomic mass is 9.31. The van der Waals surface area contributed by atoms with Crippen LogP contribution in [-0.4, -0.2) is 314 Å². The zero-order chi connectivity index (χ0) is 82.9. The van der Waals surface area contributed by atoms with Gasteiger partial charge in [-0.25, -0.2) is 4.79 Å². The number of aliphatic carboxylic acids is 1. The van der Waals surface area contributed by atoms with Gasteiger partial charge in [-0.15, -0.1) is 0 Å². The van der Waals surface area contributed by atoms with Gasteiger partial charge in [0.2, 0.25) is 6.29 Å². The molecule has 0 aromatic carbocycles. The van der Waals surface area contributed by atoms with Crippen molar-refractivity contribution in [1.82, 2.24) is 0 Å². The van der Waals surface area contributed by atoms with E-state index in [1.165, 1.54) is 13.8 Å². The Morgan fingerprint density at radius 1 is 0.554 bits per heavy atom. The van der Waals surface area contributed by atoms with Crippen LogP contribution >= 0.6 is 0 Å². The van der Waals surface area contributed by atoms with Crippen molar-refractivity contribution in [3.8, 4) is 0 Å². The van der Waals surface area contributed by atoms with Gasteiger partial charge in [0, 0.05) is 18.3 Å². The third kappa shape index (κ3) is 16.6. The first-order valence-corrected chi connectivity index (χ1v) is 40.0. The van der Waals surface area contributed by atoms with Crippen molar-refractivity contribution in [2.75, 3.05) is 13.2 Å². The number of aliphatic hydroxyl groups is 16. The largest absolute Gasteiger partial charge is 0.479 e. The van der Waals surface area contributed by atoms with Crippen molar-refractivity contribution in [3.05, 3.63) is 11.6 Å². The highest BCUT2D eigenvalue weighted by Crippen LogP contribution is 2.79. The number of hydrogen-bond donors (Lipinski definition) is 17. The van der Waals surface area contributed by atoms with E-state index in [-0.39, 0.29) is 49.9 Å². The molecule has 0 radical (unpaired) electrons. The Morgan fingerprint density at radius 2 is 1.10 bits per heavy atom. The summed E-state index contributed by atoms with van der Waals surface area (Å²) in [6.07, 6.45) is -43.8. The van der Waals surface area contributed by atoms with Crippen LogP contribution in [0.15, 0.2) is 11.6 Å². The van der Waals surface area contributed by atoms with E-state index in [1.807, 2.05) is 27.7 Å². The zero-order valence-corrected chi connectivity index (χ0v) is 66.3. The molecule has 0 amide bonds. The molecule has 5 aliphatic heterocycles. The lowest BCUT2D eigenvalue weighted by Crippen LogP contribution is -2.71. The maximum Gasteiger partial charge on any atom is 0.335 e. The van der Waals surface area contributed by atoms with E-state index in [0.717, 1.165) is 11.9 Å². The molecule has 34 nitrogen and oxygen atoms in total. The molecule has 642 valence electrons. The molecular weight excluding hydrogens is 1480 g/mol. The highest BCUT2D eigenvalue weighted by atomic mass is 16.8. The van der Waals surface area contributed by atoms with Crippen molar-refractivity contribution in [1.29, 1.82) is 0 Å². The smallest absolute Gasteiger partial charge is 0.335 e. The fourth-order valence-corrected chi connectivity index (χ4v) is 21.4. The first-order valence-electron chi connectivity index (χ1n) is 40.0. The molecule has 0 spiro atoms. The van der Waals surface area contributed by atoms with Gasteiger partial charge in [0.25, 0.3) is 0 Å². The van der Waals surface area contributed by atoms with Gasteiger partial charge in [-0.05, 0) is 117 Å². The van der Waals surface area contributed by atoms with Crippen LogP contribution in [0.4, 0.5) is 0 Å². The lowest BCUT2D eigenvalue weighted by molar-refractivity contribution is -0.394. The third-order valence-electron chi connectivity index (χ3n) is 28.5. The molecule has 10 aliphatic rings. The van der Waals surface area contributed by atoms with Crippen LogP contribution in [0, 0.1) is 61.6 Å². The SMILES string of the molecule is CC[C@@H](C)C(C[C@@H](O)CC(=O)O[C@@H]1[C@H](O)[C@@H](O)[C@H](OC(=O)[C@]23CCC(C)(C)C[C@@]2(C)C2=CCC4[C@@]5(C)CC[C@H](O[C@@H]6O[C@H](C(=O)O)[C@@H](O)[C@H](O[C@@H]7O[C@@H](C)[C@H](O)[C@@H](O)[C@H]7O)[C@H]6O[C@@H]6O[C@H](CO)[C@H](O)[C@H](O)[C@H]6O)[C@@](C)(C=O)C5CC[C@@]4(C)[C@]2(C)C[C@H]3O)O[C@@H]1C)OC(=O)C[C@H](O)CC(O[C@H]1O[C@H](CO)[C@@H](O)[C@@H]1O)[C@H](C)CC. The van der Waals surface area contributed by atoms with Gasteiger partial charge in [-0.3, -0.25) is 14.4 Å². The van der Waals surface area contributed by atoms with Gasteiger partial charge >= 0.3 is 23.9 Å². The summed E-state index contributed by atoms with van der Waals surface area (Å²) in [7, 11) is 0. The van der Waals surface area contributed by atoms with E-state index < -0.39 is 278 Å². The molecule has 0 aromatic rings. The topological polar surface area (TPSA) is 540 Å². The van der Waals surface area contributed by atoms with E-state index in [1.54, 1.807) is 13.8 Å². The Balaban J connectivity index is 0.825. The van der Waals surface area contributed by atoms with Crippen molar-refractivity contribution < 1.29 is 168 Å². The number of aldehydes is 1. The first-order chi connectivity index (χ1) is 52.3. The van der Waals surface area contributed by atoms with E-state index in [9.17, 15) is 106 Å². The molecule has 34 heteroatoms. The minimum absolute atomic E-state index is 0.0608. The fraction of sp³-hybridized carbons (Fsp3) is 0.910. The number of aliphatic hydroxyl groups excluding tert-OH is 16. The number of hydrogen-bond acceptors (Lipinski definition) is 33. The van der Waals surface area contributed by atoms with Crippen LogP contribution < -0.4 is 0 Å². The van der Waals surface area contributed by atoms with Crippen molar-refractivity contribution in [2.24, 2.45) is 61.6 Å². The molecule has 17 N–H and O–H groups in total. The molecule has 112 heavy (non-hydrogen) atoms. The average molecular weight is 1610 g/mol. The molecule has 5 heterocycles. The van der Waals surface area contributed by atoms with E-state index in [2.05, 4.69) is 40.7 Å². The summed E-state index contributed by atoms with van der Waals surface area (Å²) < 4.78 is 71.9. The summed E-state index contributed by atoms with van der Waals surface area (Å²) in [6.45, 7) is 22.9. The molecule has 4 unspecified atom stereocenters. The van der Waals surface area contributed by atoms with Crippen molar-refractivity contribution >= 4 is 30.2 Å². The summed E-state index contributed by atoms with van der Waals surface area (Å²) >= 11 is 0. The predicted molar refractivity (Wildman–Crippen MR) is 383 cm³/mol. The minimum atomic E-state index is -2.23. The molecule has 5 aliphatic carbocycles. The average Bonchev–Trinajstić information content (AvgIpc) is 0.701. The lowest BCUT2D eigenvalue weighted by Gasteiger charge is -2.73. The second-order valence-corrected chi connectivity index (χ2v) is 36.0. The number of rotatable bonds is 28. The highest BCUT2D eigenvalue weighted by molar-refractivity contribution is 5.81. The van der Waals surface area contributed by atoms with Gasteiger partial charge in [0.1, 0.15) is 109 Å². The zero-order valence-electron chi connectivity index (χ0n) is 66.3. The number of esters is 3. The monoisotopic (exact) mass is 1610 g/mol. The van der Waals surface area contributed by atoms with Crippen LogP contribution in [-0.2, 0) is 80.8 Å². The molecule has 40 atom stereocenters. The summed E-state index contributed by atoms with van der Waals surface area (Å²) in [5, 5.41) is 187. The van der Waals surface area contributed by atoms with E-state index in [0.29, 0.717) is 51.4 Å². The summed E-state index contributed by atoms with van der Waals surface area (Å²) in [5.41, 5.74) is -5.91. The normalized spacial score (nSPS) is 47.6. The second-order valence-electron chi connectivity index (χ2n) is 36.0. The molecule has 9 fully saturated rings. The Morgan fingerprint density at radius 3 is 1.71 bits per heavy atom. The van der Waals surface area contributed by atoms with Crippen LogP contribution in [0.2, 0.25) is 0 Å². The highest BCUT2D eigenvalue weighted by Gasteiger charge is 2.76. The second kappa shape index (κ2) is 34.9. The van der Waals surface area contributed by atoms with Gasteiger partial charge in [0.05, 0.1) is 74.2 Å². The van der Waals surface area contributed by atoms with E-state index >= 15 is 4.79 Å². The van der Waals surface area contributed by atoms with Gasteiger partial charge in [-0.2, -0.15) is 0 Å². The van der Waals surface area contributed by atoms with Crippen LogP contribution in [0.25, 0.3) is 0 Å². The number of carboxylic acid groups (broad SMARTS) is 1. The first kappa shape index (κ1) is 90.6. The summed E-state index contributed by atoms with van der Waals surface area (Å²) in [6, 6.07) is 0. The molecule has 4 saturated carbocycles. The number of allylic oxidation sites excluding steroid dienone is 2. The van der Waals surface area contributed by atoms with Crippen LogP contribution in [0.1, 0.15) is 186 Å². The number of carbonyl (C=O) groups excluding carboxylic acids is 4. The molecule has 5 saturated heterocycles. The Bertz CT molecular complexity index is 3270. The number of ether oxygens (including phenoxy) is 12. The summed E-state index contributed by atoms with van der Waals surface area (Å²) in [4.78, 5) is 70.1. The number of carbonyl (C=O) groups is 5. The van der Waals surface area contributed by atoms with Gasteiger partial charge in [0.15, 0.2) is 37.4 Å². The maximum absolute atomic E-state index is 15.6. The number of fused-ring (bicyclic) bond motifs is 7. The fourth-order valence-electron chi connectivity index (χ4n) is 21.4. The molecule has 10 rings (SSSR count). The molecule has 0 bridgehead atoms. The predicted octanol–water partition coefficient (Wildman–Crippen LogP) is -0.687. The van der Waals surface area contributed by atoms with Crippen molar-refractivity contribution in [3.63, 3.8) is 0 Å². The van der Waals surface area contributed by atoms with Crippen LogP contribution in [0.3, 0.4) is 0 Å². The summed E-state index contributed by atoms with van der Waals surface area (Å²) in [5.74, 6) is -5.70. The van der Waals surface area contributed by atoms with Gasteiger partial charge < -0.3 is 148 Å². The minimum Gasteiger partial charge on any atom is -0.479 e. The quantitative estimate of drug-likeness (QED) is 0.0152. The van der Waals surface area contributed by atoms with Crippen LogP contribution in [0.5, 0.6) is 0 Å². The Hall–Kier alpha value is -3.71. The van der Waals surface area contributed by atoms with Crippen molar-refractivity contribution in [2.45, 2.75) is 370 Å². The Kier molecular flexibility index (Phi) is 28.3. The van der Waals surface area contributed by atoms with Gasteiger partial charge in [-0.1, -0.05) is 101 Å². The standard InChI is InChI=1S/C78H126O34/c1-14-33(3)39(103-48(85)26-38(83)25-40(34(4)15-2)104-68-56(93)52(89)42(30-80)105-68)24-37(82)27-49(86)108-61-36(6)102-67(59(96)55(61)92)112-71(100)78-23-22-72(7,8)31-77(78,13)45-17-16-44-73(9)20-19-47(74(10,32-81)43(73)18-21-75(44,11)76(45,12)28-46(78)84)107-70-64(111-69-58(95)54(91)51(88)41(29-79)106-69)62(60(97)63(110-70)65(98)99)109-66-57(94)53(90)50(87)35(5)101-66/h17,32-44,46-47,50-64,66-70,79-80,82-84,87-97H,14-16,18-31H2,1-13H3,(H,98,99)/t33-,34-,35+,36-,37-,38-,39?,40?,41-,42-,43?,44?,46-,47+,50+,51+,52-,53-,54+,55-,56+,57-,58-,59-,60+,61+,62+,63+,64-,66+,67+,68+,69+,70-,73+,74+,75-,76-,77+,78-/m1/s1. The van der Waals surface area contributed by atoms with E-state index in [4.69, 9.17) is 56.8 Å². The molecule has 0 aromatic heterocycles. The maximum atomic E-state index is 15.6. The Labute approximate surface area is 652 Å². The third-order valence-corrected chi connectivity index (χ3v) is 28.5.